The molecule has 0 aliphatic rings. The first kappa shape index (κ1) is 17.3. The number of aromatic amines is 1. The summed E-state index contributed by atoms with van der Waals surface area (Å²) in [7, 11) is 0. The molecule has 0 saturated heterocycles. The molecule has 0 aliphatic carbocycles. The minimum absolute atomic E-state index is 0.110. The number of rotatable bonds is 5. The monoisotopic (exact) mass is 346 g/mol. The Bertz CT molecular complexity index is 1040. The number of hydrogen-bond acceptors (Lipinski definition) is 4. The molecule has 0 radical (unpaired) electrons. The Labute approximate surface area is 150 Å². The lowest BCUT2D eigenvalue weighted by Crippen LogP contribution is -2.13. The van der Waals surface area contributed by atoms with Crippen LogP contribution in [0, 0.1) is 6.92 Å². The number of allylic oxidation sites excluding steroid dienone is 1. The number of benzene rings is 2. The number of Topliss-reactive ketones (excluding diaryl/α,β-unsaturated/α-hetero) is 1. The molecule has 0 unspecified atom stereocenters. The maximum absolute atomic E-state index is 12.6. The topological polar surface area (TPSA) is 79.6 Å². The molecule has 0 bridgehead atoms. The Kier molecular flexibility index (Phi) is 4.75. The third kappa shape index (κ3) is 3.44. The average molecular weight is 346 g/mol. The van der Waals surface area contributed by atoms with Gasteiger partial charge < -0.3 is 0 Å². The van der Waals surface area contributed by atoms with Crippen molar-refractivity contribution >= 4 is 17.2 Å². The van der Waals surface area contributed by atoms with Gasteiger partial charge >= 0.3 is 0 Å². The molecule has 0 fully saturated rings. The summed E-state index contributed by atoms with van der Waals surface area (Å²) in [4.78, 5) is 24.4. The van der Waals surface area contributed by atoms with Gasteiger partial charge in [-0.05, 0) is 55.8 Å². The van der Waals surface area contributed by atoms with Gasteiger partial charge in [-0.3, -0.25) is 14.7 Å². The highest BCUT2D eigenvalue weighted by Gasteiger charge is 2.12. The molecule has 3 rings (SSSR count). The zero-order chi connectivity index (χ0) is 18.7. The van der Waals surface area contributed by atoms with Gasteiger partial charge in [-0.2, -0.15) is 5.11 Å². The third-order valence-electron chi connectivity index (χ3n) is 3.84. The Balaban J connectivity index is 1.88. The van der Waals surface area contributed by atoms with Crippen molar-refractivity contribution in [2.45, 2.75) is 13.8 Å². The second kappa shape index (κ2) is 7.14. The van der Waals surface area contributed by atoms with Crippen molar-refractivity contribution in [3.05, 3.63) is 88.4 Å². The first-order valence-corrected chi connectivity index (χ1v) is 8.06. The first-order valence-electron chi connectivity index (χ1n) is 8.06. The van der Waals surface area contributed by atoms with Gasteiger partial charge in [0.1, 0.15) is 0 Å². The fraction of sp³-hybridized carbons (Fsp3) is 0.100. The zero-order valence-electron chi connectivity index (χ0n) is 14.6. The largest absolute Gasteiger partial charge is 0.299 e. The highest BCUT2D eigenvalue weighted by Crippen LogP contribution is 2.20. The number of aryl methyl sites for hydroxylation is 1. The lowest BCUT2D eigenvalue weighted by molar-refractivity contribution is 0.103. The van der Waals surface area contributed by atoms with E-state index in [1.165, 1.54) is 4.68 Å². The second-order valence-corrected chi connectivity index (χ2v) is 5.92. The molecule has 6 nitrogen and oxygen atoms in total. The van der Waals surface area contributed by atoms with Crippen molar-refractivity contribution < 1.29 is 4.79 Å². The number of aromatic nitrogens is 2. The second-order valence-electron chi connectivity index (χ2n) is 5.92. The Hall–Kier alpha value is -3.54. The summed E-state index contributed by atoms with van der Waals surface area (Å²) in [5.74, 6) is -0.110. The van der Waals surface area contributed by atoms with Gasteiger partial charge in [0.15, 0.2) is 11.5 Å². The van der Waals surface area contributed by atoms with Gasteiger partial charge in [-0.25, -0.2) is 4.68 Å². The molecule has 3 aromatic rings. The predicted octanol–water partition coefficient (Wildman–Crippen LogP) is 4.65. The summed E-state index contributed by atoms with van der Waals surface area (Å²) in [5, 5.41) is 11.2. The van der Waals surface area contributed by atoms with Gasteiger partial charge in [-0.15, -0.1) is 5.11 Å². The van der Waals surface area contributed by atoms with Crippen LogP contribution in [-0.4, -0.2) is 15.6 Å². The Morgan fingerprint density at radius 2 is 1.69 bits per heavy atom. The molecule has 1 heterocycles. The summed E-state index contributed by atoms with van der Waals surface area (Å²) in [6.45, 7) is 7.08. The van der Waals surface area contributed by atoms with E-state index >= 15 is 0 Å². The molecule has 26 heavy (non-hydrogen) atoms. The number of carbonyl (C=O) groups excluding carboxylic acids is 1. The van der Waals surface area contributed by atoms with Crippen molar-refractivity contribution in [2.24, 2.45) is 10.2 Å². The minimum atomic E-state index is -0.272. The highest BCUT2D eigenvalue weighted by molar-refractivity contribution is 6.07. The van der Waals surface area contributed by atoms with Crippen LogP contribution in [0.1, 0.15) is 23.0 Å². The molecule has 0 spiro atoms. The van der Waals surface area contributed by atoms with Crippen LogP contribution < -0.4 is 5.56 Å². The van der Waals surface area contributed by atoms with E-state index in [-0.39, 0.29) is 17.0 Å². The van der Waals surface area contributed by atoms with E-state index in [0.717, 1.165) is 5.69 Å². The molecule has 0 saturated carbocycles. The molecule has 130 valence electrons. The molecule has 1 aromatic heterocycles. The van der Waals surface area contributed by atoms with E-state index in [1.54, 1.807) is 38.1 Å². The van der Waals surface area contributed by atoms with E-state index in [9.17, 15) is 9.59 Å². The predicted molar refractivity (Wildman–Crippen MR) is 101 cm³/mol. The SMILES string of the molecule is C=C(C)C(=O)c1ccc(N=Nc2c(C)[nH]n(-c3ccccc3)c2=O)cc1. The standard InChI is InChI=1S/C20H18N4O2/c1-13(2)19(25)15-9-11-16(12-10-15)21-22-18-14(3)23-24(20(18)26)17-7-5-4-6-8-17/h4-12,23H,1H2,2-3H3. The normalized spacial score (nSPS) is 11.0. The summed E-state index contributed by atoms with van der Waals surface area (Å²) < 4.78 is 1.43. The smallest absolute Gasteiger partial charge is 0.293 e. The molecule has 1 N–H and O–H groups in total. The Morgan fingerprint density at radius 1 is 1.04 bits per heavy atom. The lowest BCUT2D eigenvalue weighted by atomic mass is 10.1. The van der Waals surface area contributed by atoms with Crippen LogP contribution in [0.2, 0.25) is 0 Å². The number of hydrogen-bond donors (Lipinski definition) is 1. The minimum Gasteiger partial charge on any atom is -0.293 e. The molecule has 0 amide bonds. The quantitative estimate of drug-likeness (QED) is 0.414. The number of azo groups is 1. The summed E-state index contributed by atoms with van der Waals surface area (Å²) in [6.07, 6.45) is 0. The van der Waals surface area contributed by atoms with Crippen LogP contribution in [0.3, 0.4) is 0 Å². The maximum atomic E-state index is 12.6. The highest BCUT2D eigenvalue weighted by atomic mass is 16.1. The van der Waals surface area contributed by atoms with Crippen molar-refractivity contribution in [3.8, 4) is 5.69 Å². The van der Waals surface area contributed by atoms with Crippen LogP contribution in [0.4, 0.5) is 11.4 Å². The van der Waals surface area contributed by atoms with Crippen LogP contribution in [0.25, 0.3) is 5.69 Å². The lowest BCUT2D eigenvalue weighted by Gasteiger charge is -1.99. The molecular formula is C20H18N4O2. The van der Waals surface area contributed by atoms with Crippen LogP contribution in [0.15, 0.2) is 81.8 Å². The van der Waals surface area contributed by atoms with Gasteiger partial charge in [0, 0.05) is 5.56 Å². The summed E-state index contributed by atoms with van der Waals surface area (Å²) >= 11 is 0. The van der Waals surface area contributed by atoms with E-state index in [2.05, 4.69) is 21.9 Å². The van der Waals surface area contributed by atoms with Crippen LogP contribution >= 0.6 is 0 Å². The number of H-pyrrole nitrogens is 1. The molecule has 0 aliphatic heterocycles. The van der Waals surface area contributed by atoms with Gasteiger partial charge in [-0.1, -0.05) is 24.8 Å². The average Bonchev–Trinajstić information content (AvgIpc) is 2.94. The van der Waals surface area contributed by atoms with E-state index in [4.69, 9.17) is 0 Å². The van der Waals surface area contributed by atoms with Crippen molar-refractivity contribution in [2.75, 3.05) is 0 Å². The first-order chi connectivity index (χ1) is 12.5. The summed E-state index contributed by atoms with van der Waals surface area (Å²) in [5.41, 5.74) is 2.89. The van der Waals surface area contributed by atoms with E-state index in [0.29, 0.717) is 22.5 Å². The van der Waals surface area contributed by atoms with Gasteiger partial charge in [0.05, 0.1) is 17.1 Å². The molecule has 2 aromatic carbocycles. The molecular weight excluding hydrogens is 328 g/mol. The van der Waals surface area contributed by atoms with Gasteiger partial charge in [0.2, 0.25) is 0 Å². The van der Waals surface area contributed by atoms with Crippen LogP contribution in [-0.2, 0) is 0 Å². The zero-order valence-corrected chi connectivity index (χ0v) is 14.6. The van der Waals surface area contributed by atoms with E-state index in [1.807, 2.05) is 30.3 Å². The van der Waals surface area contributed by atoms with Crippen LogP contribution in [0.5, 0.6) is 0 Å². The molecule has 0 atom stereocenters. The molecule has 6 heteroatoms. The maximum Gasteiger partial charge on any atom is 0.299 e. The summed E-state index contributed by atoms with van der Waals surface area (Å²) in [6, 6.07) is 15.9. The Morgan fingerprint density at radius 3 is 2.31 bits per heavy atom. The van der Waals surface area contributed by atoms with E-state index < -0.39 is 0 Å². The van der Waals surface area contributed by atoms with Crippen molar-refractivity contribution in [1.29, 1.82) is 0 Å². The van der Waals surface area contributed by atoms with Crippen molar-refractivity contribution in [3.63, 3.8) is 0 Å². The number of nitrogens with one attached hydrogen (secondary N) is 1. The number of nitrogens with zero attached hydrogens (tertiary/aromatic N) is 3. The fourth-order valence-corrected chi connectivity index (χ4v) is 2.45. The number of carbonyl (C=O) groups is 1. The number of para-hydroxylation sites is 1. The fourth-order valence-electron chi connectivity index (χ4n) is 2.45. The number of ketones is 1. The van der Waals surface area contributed by atoms with Gasteiger partial charge in [0.25, 0.3) is 5.56 Å². The third-order valence-corrected chi connectivity index (χ3v) is 3.84. The van der Waals surface area contributed by atoms with Crippen molar-refractivity contribution in [1.82, 2.24) is 9.78 Å².